The molecule has 0 aliphatic heterocycles. The van der Waals surface area contributed by atoms with E-state index in [2.05, 4.69) is 42.5 Å². The van der Waals surface area contributed by atoms with Crippen molar-refractivity contribution in [1.82, 2.24) is 0 Å². The number of carbonyl (C=O) groups is 2. The van der Waals surface area contributed by atoms with E-state index in [1.165, 1.54) is 6.08 Å². The van der Waals surface area contributed by atoms with Crippen LogP contribution >= 0.6 is 31.9 Å². The molecule has 3 rings (SSSR count). The molecule has 3 aromatic rings. The van der Waals surface area contributed by atoms with Crippen LogP contribution in [0.3, 0.4) is 0 Å². The first-order valence-electron chi connectivity index (χ1n) is 10.9. The number of nitrogens with zero attached hydrogens (tertiary/aromatic N) is 1. The van der Waals surface area contributed by atoms with E-state index >= 15 is 0 Å². The number of nitriles is 1. The highest BCUT2D eigenvalue weighted by molar-refractivity contribution is 9.11. The lowest BCUT2D eigenvalue weighted by atomic mass is 10.1. The Labute approximate surface area is 226 Å². The molecule has 0 spiro atoms. The van der Waals surface area contributed by atoms with Gasteiger partial charge >= 0.3 is 0 Å². The zero-order valence-corrected chi connectivity index (χ0v) is 22.8. The molecule has 0 atom stereocenters. The Kier molecular flexibility index (Phi) is 9.68. The van der Waals surface area contributed by atoms with E-state index < -0.39 is 5.91 Å². The van der Waals surface area contributed by atoms with Gasteiger partial charge in [-0.3, -0.25) is 9.59 Å². The monoisotopic (exact) mass is 611 g/mol. The summed E-state index contributed by atoms with van der Waals surface area (Å²) in [6.07, 6.45) is 1.47. The summed E-state index contributed by atoms with van der Waals surface area (Å²) in [6.45, 7) is 4.17. The standard InChI is InChI=1S/C27H23Br2N3O4/c1-3-35-22-9-7-20(8-10-22)32-27(34)19(15-30)12-18-13-23(28)26(24(29)14-18)36-16-25(33)31-21-6-4-5-17(2)11-21/h4-14H,3,16H2,1-2H3,(H,31,33)(H,32,34)/b19-12+. The van der Waals surface area contributed by atoms with Crippen molar-refractivity contribution >= 4 is 61.1 Å². The number of anilines is 2. The quantitative estimate of drug-likeness (QED) is 0.213. The van der Waals surface area contributed by atoms with Crippen LogP contribution in [0.2, 0.25) is 0 Å². The molecule has 0 aliphatic rings. The maximum Gasteiger partial charge on any atom is 0.266 e. The molecule has 0 aliphatic carbocycles. The second-order valence-electron chi connectivity index (χ2n) is 7.60. The molecule has 9 heteroatoms. The average Bonchev–Trinajstić information content (AvgIpc) is 2.83. The molecule has 0 bridgehead atoms. The van der Waals surface area contributed by atoms with E-state index in [0.717, 1.165) is 5.56 Å². The predicted molar refractivity (Wildman–Crippen MR) is 147 cm³/mol. The van der Waals surface area contributed by atoms with Gasteiger partial charge in [0.25, 0.3) is 11.8 Å². The smallest absolute Gasteiger partial charge is 0.266 e. The Balaban J connectivity index is 1.67. The molecule has 0 unspecified atom stereocenters. The summed E-state index contributed by atoms with van der Waals surface area (Å²) in [7, 11) is 0. The van der Waals surface area contributed by atoms with Gasteiger partial charge in [0.05, 0.1) is 15.6 Å². The van der Waals surface area contributed by atoms with Crippen LogP contribution < -0.4 is 20.1 Å². The van der Waals surface area contributed by atoms with Crippen LogP contribution in [0.4, 0.5) is 11.4 Å². The van der Waals surface area contributed by atoms with Crippen LogP contribution in [0.1, 0.15) is 18.1 Å². The molecule has 3 aromatic carbocycles. The molecule has 0 saturated heterocycles. The molecule has 2 N–H and O–H groups in total. The summed E-state index contributed by atoms with van der Waals surface area (Å²) in [5.74, 6) is 0.267. The number of nitrogens with one attached hydrogen (secondary N) is 2. The van der Waals surface area contributed by atoms with Gasteiger partial charge in [-0.2, -0.15) is 5.26 Å². The molecule has 36 heavy (non-hydrogen) atoms. The molecule has 7 nitrogen and oxygen atoms in total. The highest BCUT2D eigenvalue weighted by Crippen LogP contribution is 2.35. The largest absolute Gasteiger partial charge is 0.494 e. The Hall–Kier alpha value is -3.61. The number of carbonyl (C=O) groups excluding carboxylic acids is 2. The zero-order valence-electron chi connectivity index (χ0n) is 19.6. The van der Waals surface area contributed by atoms with Gasteiger partial charge in [0.15, 0.2) is 6.61 Å². The lowest BCUT2D eigenvalue weighted by Gasteiger charge is -2.12. The highest BCUT2D eigenvalue weighted by Gasteiger charge is 2.14. The first-order valence-corrected chi connectivity index (χ1v) is 12.5. The van der Waals surface area contributed by atoms with Crippen molar-refractivity contribution in [2.45, 2.75) is 13.8 Å². The van der Waals surface area contributed by atoms with Crippen molar-refractivity contribution < 1.29 is 19.1 Å². The SMILES string of the molecule is CCOc1ccc(NC(=O)/C(C#N)=C/c2cc(Br)c(OCC(=O)Nc3cccc(C)c3)c(Br)c2)cc1. The van der Waals surface area contributed by atoms with Gasteiger partial charge in [0, 0.05) is 11.4 Å². The number of amides is 2. The maximum atomic E-state index is 12.6. The minimum atomic E-state index is -0.540. The van der Waals surface area contributed by atoms with E-state index in [0.29, 0.717) is 44.0 Å². The van der Waals surface area contributed by atoms with Crippen molar-refractivity contribution in [3.63, 3.8) is 0 Å². The minimum Gasteiger partial charge on any atom is -0.494 e. The Morgan fingerprint density at radius 2 is 1.67 bits per heavy atom. The summed E-state index contributed by atoms with van der Waals surface area (Å²) < 4.78 is 12.2. The number of benzene rings is 3. The number of aryl methyl sites for hydroxylation is 1. The van der Waals surface area contributed by atoms with Gasteiger partial charge in [-0.05, 0) is 111 Å². The Bertz CT molecular complexity index is 1310. The number of ether oxygens (including phenoxy) is 2. The van der Waals surface area contributed by atoms with Crippen molar-refractivity contribution in [1.29, 1.82) is 5.26 Å². The van der Waals surface area contributed by atoms with Crippen molar-refractivity contribution in [2.24, 2.45) is 0 Å². The summed E-state index contributed by atoms with van der Waals surface area (Å²) >= 11 is 6.87. The first kappa shape index (κ1) is 27.0. The summed E-state index contributed by atoms with van der Waals surface area (Å²) in [6, 6.07) is 19.7. The zero-order chi connectivity index (χ0) is 26.1. The van der Waals surface area contributed by atoms with Crippen LogP contribution in [0.5, 0.6) is 11.5 Å². The van der Waals surface area contributed by atoms with Crippen molar-refractivity contribution in [2.75, 3.05) is 23.8 Å². The first-order chi connectivity index (χ1) is 17.3. The van der Waals surface area contributed by atoms with Crippen molar-refractivity contribution in [3.05, 3.63) is 86.3 Å². The molecule has 0 saturated carbocycles. The van der Waals surface area contributed by atoms with Gasteiger partial charge in [-0.1, -0.05) is 12.1 Å². The van der Waals surface area contributed by atoms with E-state index in [9.17, 15) is 14.9 Å². The fourth-order valence-electron chi connectivity index (χ4n) is 3.17. The third-order valence-corrected chi connectivity index (χ3v) is 5.95. The number of rotatable bonds is 9. The van der Waals surface area contributed by atoms with Gasteiger partial charge in [0.1, 0.15) is 23.1 Å². The number of halogens is 2. The topological polar surface area (TPSA) is 100 Å². The second kappa shape index (κ2) is 12.9. The number of hydrogen-bond acceptors (Lipinski definition) is 5. The summed E-state index contributed by atoms with van der Waals surface area (Å²) in [5, 5.41) is 15.0. The minimum absolute atomic E-state index is 0.0751. The second-order valence-corrected chi connectivity index (χ2v) is 9.31. The third kappa shape index (κ3) is 7.70. The van der Waals surface area contributed by atoms with Crippen LogP contribution in [0.15, 0.2) is 75.2 Å². The molecular weight excluding hydrogens is 590 g/mol. The fourth-order valence-corrected chi connectivity index (χ4v) is 4.62. The average molecular weight is 613 g/mol. The fraction of sp³-hybridized carbons (Fsp3) is 0.148. The number of hydrogen-bond donors (Lipinski definition) is 2. The maximum absolute atomic E-state index is 12.6. The molecular formula is C27H23Br2N3O4. The van der Waals surface area contributed by atoms with E-state index in [4.69, 9.17) is 9.47 Å². The summed E-state index contributed by atoms with van der Waals surface area (Å²) in [5.41, 5.74) is 2.78. The van der Waals surface area contributed by atoms with Gasteiger partial charge < -0.3 is 20.1 Å². The Morgan fingerprint density at radius 1 is 0.972 bits per heavy atom. The lowest BCUT2D eigenvalue weighted by molar-refractivity contribution is -0.118. The lowest BCUT2D eigenvalue weighted by Crippen LogP contribution is -2.20. The highest BCUT2D eigenvalue weighted by atomic mass is 79.9. The van der Waals surface area contributed by atoms with Crippen LogP contribution in [-0.2, 0) is 9.59 Å². The van der Waals surface area contributed by atoms with E-state index in [1.54, 1.807) is 42.5 Å². The normalized spacial score (nSPS) is 10.8. The third-order valence-electron chi connectivity index (χ3n) is 4.77. The Morgan fingerprint density at radius 3 is 2.28 bits per heavy atom. The molecule has 184 valence electrons. The molecule has 0 heterocycles. The molecule has 0 fully saturated rings. The van der Waals surface area contributed by atoms with Gasteiger partial charge in [-0.25, -0.2) is 0 Å². The van der Waals surface area contributed by atoms with E-state index in [1.807, 2.05) is 38.1 Å². The van der Waals surface area contributed by atoms with Crippen molar-refractivity contribution in [3.8, 4) is 17.6 Å². The molecule has 2 amide bonds. The van der Waals surface area contributed by atoms with Crippen LogP contribution in [0.25, 0.3) is 6.08 Å². The summed E-state index contributed by atoms with van der Waals surface area (Å²) in [4.78, 5) is 24.9. The molecule has 0 radical (unpaired) electrons. The van der Waals surface area contributed by atoms with Crippen LogP contribution in [-0.4, -0.2) is 25.0 Å². The predicted octanol–water partition coefficient (Wildman–Crippen LogP) is 6.48. The van der Waals surface area contributed by atoms with Gasteiger partial charge in [0.2, 0.25) is 0 Å². The van der Waals surface area contributed by atoms with Gasteiger partial charge in [-0.15, -0.1) is 0 Å². The molecule has 0 aromatic heterocycles. The van der Waals surface area contributed by atoms with Crippen LogP contribution in [0, 0.1) is 18.3 Å². The van der Waals surface area contributed by atoms with E-state index in [-0.39, 0.29) is 18.1 Å².